The van der Waals surface area contributed by atoms with Gasteiger partial charge in [0.2, 0.25) is 5.91 Å². The van der Waals surface area contributed by atoms with Gasteiger partial charge in [-0.15, -0.1) is 24.8 Å². The van der Waals surface area contributed by atoms with Gasteiger partial charge in [0, 0.05) is 38.8 Å². The van der Waals surface area contributed by atoms with Gasteiger partial charge in [0.25, 0.3) is 0 Å². The maximum Gasteiger partial charge on any atom is 0.247 e. The highest BCUT2D eigenvalue weighted by Gasteiger charge is 2.35. The summed E-state index contributed by atoms with van der Waals surface area (Å²) in [6.45, 7) is 5.51. The van der Waals surface area contributed by atoms with Gasteiger partial charge in [0.05, 0.1) is 14.2 Å². The summed E-state index contributed by atoms with van der Waals surface area (Å²) >= 11 is 0. The molecule has 1 unspecified atom stereocenters. The fraction of sp³-hybridized carbons (Fsp3) is 0.409. The minimum atomic E-state index is -1.01. The molecule has 1 aliphatic heterocycles. The molecule has 0 aromatic heterocycles. The van der Waals surface area contributed by atoms with Crippen LogP contribution in [-0.4, -0.2) is 56.1 Å². The number of nitrogens with two attached hydrogens (primary N) is 1. The number of amides is 1. The summed E-state index contributed by atoms with van der Waals surface area (Å²) in [6, 6.07) is 15.5. The predicted octanol–water partition coefficient (Wildman–Crippen LogP) is 3.07. The van der Waals surface area contributed by atoms with Crippen LogP contribution in [0.15, 0.2) is 48.5 Å². The molecule has 2 aromatic rings. The Morgan fingerprint density at radius 3 is 2.00 bits per heavy atom. The van der Waals surface area contributed by atoms with Crippen LogP contribution in [0, 0.1) is 0 Å². The zero-order chi connectivity index (χ0) is 20.1. The predicted molar refractivity (Wildman–Crippen MR) is 124 cm³/mol. The van der Waals surface area contributed by atoms with Gasteiger partial charge in [-0.2, -0.15) is 0 Å². The first-order chi connectivity index (χ1) is 13.4. The molecule has 0 radical (unpaired) electrons. The number of benzene rings is 2. The van der Waals surface area contributed by atoms with Crippen molar-refractivity contribution in [1.82, 2.24) is 9.80 Å². The Balaban J connectivity index is 0.00000225. The monoisotopic (exact) mass is 455 g/mol. The van der Waals surface area contributed by atoms with E-state index in [2.05, 4.69) is 4.90 Å². The van der Waals surface area contributed by atoms with Gasteiger partial charge in [-0.3, -0.25) is 9.69 Å². The summed E-state index contributed by atoms with van der Waals surface area (Å²) in [5, 5.41) is 0. The summed E-state index contributed by atoms with van der Waals surface area (Å²) in [5.41, 5.74) is 7.36. The van der Waals surface area contributed by atoms with Crippen molar-refractivity contribution in [2.45, 2.75) is 19.0 Å². The van der Waals surface area contributed by atoms with Crippen molar-refractivity contribution in [1.29, 1.82) is 0 Å². The van der Waals surface area contributed by atoms with Gasteiger partial charge in [0.15, 0.2) is 0 Å². The van der Waals surface area contributed by atoms with Crippen LogP contribution in [0.4, 0.5) is 0 Å². The molecular formula is C22H31Cl2N3O3. The van der Waals surface area contributed by atoms with Gasteiger partial charge in [-0.1, -0.05) is 30.3 Å². The number of methoxy groups -OCH3 is 2. The summed E-state index contributed by atoms with van der Waals surface area (Å²) in [7, 11) is 3.30. The van der Waals surface area contributed by atoms with Crippen molar-refractivity contribution in [2.24, 2.45) is 5.73 Å². The first-order valence-electron chi connectivity index (χ1n) is 9.52. The number of carbonyl (C=O) groups excluding carboxylic acids is 1. The van der Waals surface area contributed by atoms with Crippen molar-refractivity contribution < 1.29 is 14.3 Å². The highest BCUT2D eigenvalue weighted by atomic mass is 35.5. The standard InChI is InChI=1S/C22H29N3O3.2ClH/c1-22(23,18-7-5-4-6-8-18)21(26)25-11-9-24(10-12-25)16-17-13-19(27-2)15-20(14-17)28-3;;/h4-8,13-15H,9-12,16,23H2,1-3H3;2*1H. The number of rotatable bonds is 6. The summed E-state index contributed by atoms with van der Waals surface area (Å²) in [4.78, 5) is 17.2. The van der Waals surface area contributed by atoms with E-state index in [9.17, 15) is 4.79 Å². The lowest BCUT2D eigenvalue weighted by molar-refractivity contribution is -0.138. The highest BCUT2D eigenvalue weighted by molar-refractivity contribution is 5.87. The number of hydrogen-bond acceptors (Lipinski definition) is 5. The number of hydrogen-bond donors (Lipinski definition) is 1. The largest absolute Gasteiger partial charge is 0.497 e. The van der Waals surface area contributed by atoms with Crippen LogP contribution in [0.5, 0.6) is 11.5 Å². The number of nitrogens with zero attached hydrogens (tertiary/aromatic N) is 2. The molecule has 6 nitrogen and oxygen atoms in total. The summed E-state index contributed by atoms with van der Waals surface area (Å²) in [6.07, 6.45) is 0. The van der Waals surface area contributed by atoms with Gasteiger partial charge in [-0.25, -0.2) is 0 Å². The van der Waals surface area contributed by atoms with E-state index in [0.717, 1.165) is 42.3 Å². The van der Waals surface area contributed by atoms with Crippen LogP contribution in [0.1, 0.15) is 18.1 Å². The van der Waals surface area contributed by atoms with E-state index < -0.39 is 5.54 Å². The number of ether oxygens (including phenoxy) is 2. The molecular weight excluding hydrogens is 425 g/mol. The lowest BCUT2D eigenvalue weighted by Gasteiger charge is -2.38. The molecule has 2 N–H and O–H groups in total. The number of piperazine rings is 1. The first kappa shape index (κ1) is 26.0. The highest BCUT2D eigenvalue weighted by Crippen LogP contribution is 2.25. The third-order valence-corrected chi connectivity index (χ3v) is 5.29. The molecule has 0 bridgehead atoms. The van der Waals surface area contributed by atoms with E-state index >= 15 is 0 Å². The second kappa shape index (κ2) is 11.4. The van der Waals surface area contributed by atoms with Crippen molar-refractivity contribution in [3.8, 4) is 11.5 Å². The lowest BCUT2D eigenvalue weighted by atomic mass is 9.91. The fourth-order valence-electron chi connectivity index (χ4n) is 3.56. The van der Waals surface area contributed by atoms with E-state index in [4.69, 9.17) is 15.2 Å². The maximum absolute atomic E-state index is 13.0. The average molecular weight is 456 g/mol. The van der Waals surface area contributed by atoms with Crippen LogP contribution >= 0.6 is 24.8 Å². The van der Waals surface area contributed by atoms with Crippen molar-refractivity contribution in [2.75, 3.05) is 40.4 Å². The number of carbonyl (C=O) groups is 1. The third-order valence-electron chi connectivity index (χ3n) is 5.29. The molecule has 30 heavy (non-hydrogen) atoms. The number of halogens is 2. The van der Waals surface area contributed by atoms with Crippen LogP contribution in [0.2, 0.25) is 0 Å². The fourth-order valence-corrected chi connectivity index (χ4v) is 3.56. The van der Waals surface area contributed by atoms with Gasteiger partial charge >= 0.3 is 0 Å². The zero-order valence-corrected chi connectivity index (χ0v) is 19.3. The Hall–Kier alpha value is -1.99. The van der Waals surface area contributed by atoms with Crippen molar-refractivity contribution >= 4 is 30.7 Å². The van der Waals surface area contributed by atoms with E-state index in [-0.39, 0.29) is 30.7 Å². The molecule has 1 amide bonds. The van der Waals surface area contributed by atoms with E-state index in [1.807, 2.05) is 53.4 Å². The second-order valence-electron chi connectivity index (χ2n) is 7.36. The molecule has 0 aliphatic carbocycles. The van der Waals surface area contributed by atoms with Gasteiger partial charge in [-0.05, 0) is 30.2 Å². The lowest BCUT2D eigenvalue weighted by Crippen LogP contribution is -2.56. The van der Waals surface area contributed by atoms with Crippen LogP contribution < -0.4 is 15.2 Å². The molecule has 1 saturated heterocycles. The second-order valence-corrected chi connectivity index (χ2v) is 7.36. The molecule has 1 fully saturated rings. The molecule has 3 rings (SSSR count). The third kappa shape index (κ3) is 6.01. The Kier molecular flexibility index (Phi) is 9.91. The SMILES string of the molecule is COc1cc(CN2CCN(C(=O)C(C)(N)c3ccccc3)CC2)cc(OC)c1.Cl.Cl. The molecule has 1 atom stereocenters. The van der Waals surface area contributed by atoms with E-state index in [1.165, 1.54) is 0 Å². The molecule has 166 valence electrons. The van der Waals surface area contributed by atoms with Gasteiger partial charge in [0.1, 0.15) is 17.0 Å². The summed E-state index contributed by atoms with van der Waals surface area (Å²) < 4.78 is 10.7. The average Bonchev–Trinajstić information content (AvgIpc) is 2.74. The Morgan fingerprint density at radius 1 is 0.967 bits per heavy atom. The minimum absolute atomic E-state index is 0. The van der Waals surface area contributed by atoms with Crippen molar-refractivity contribution in [3.05, 3.63) is 59.7 Å². The smallest absolute Gasteiger partial charge is 0.247 e. The van der Waals surface area contributed by atoms with Gasteiger partial charge < -0.3 is 20.1 Å². The Labute approximate surface area is 191 Å². The molecule has 1 aliphatic rings. The molecule has 1 heterocycles. The Bertz CT molecular complexity index is 788. The molecule has 0 spiro atoms. The van der Waals surface area contributed by atoms with Crippen LogP contribution in [0.25, 0.3) is 0 Å². The maximum atomic E-state index is 13.0. The zero-order valence-electron chi connectivity index (χ0n) is 17.7. The van der Waals surface area contributed by atoms with E-state index in [1.54, 1.807) is 21.1 Å². The summed E-state index contributed by atoms with van der Waals surface area (Å²) in [5.74, 6) is 1.54. The molecule has 8 heteroatoms. The molecule has 0 saturated carbocycles. The Morgan fingerprint density at radius 2 is 1.50 bits per heavy atom. The van der Waals surface area contributed by atoms with Crippen LogP contribution in [-0.2, 0) is 16.9 Å². The van der Waals surface area contributed by atoms with Crippen molar-refractivity contribution in [3.63, 3.8) is 0 Å². The first-order valence-corrected chi connectivity index (χ1v) is 9.52. The minimum Gasteiger partial charge on any atom is -0.497 e. The normalized spacial score (nSPS) is 15.9. The van der Waals surface area contributed by atoms with Crippen LogP contribution in [0.3, 0.4) is 0 Å². The molecule has 2 aromatic carbocycles. The quantitative estimate of drug-likeness (QED) is 0.724. The van der Waals surface area contributed by atoms with E-state index in [0.29, 0.717) is 13.1 Å². The topological polar surface area (TPSA) is 68.0 Å².